The monoisotopic (exact) mass is 256 g/mol. The molecule has 0 N–H and O–H groups in total. The summed E-state index contributed by atoms with van der Waals surface area (Å²) in [6, 6.07) is 6.36. The lowest BCUT2D eigenvalue weighted by atomic mass is 9.71. The largest absolute Gasteiger partial charge is 0.294 e. The van der Waals surface area contributed by atoms with Crippen LogP contribution in [0.3, 0.4) is 0 Å². The van der Waals surface area contributed by atoms with Crippen molar-refractivity contribution in [1.82, 2.24) is 0 Å². The summed E-state index contributed by atoms with van der Waals surface area (Å²) in [5.74, 6) is 0.971. The predicted octanol–water partition coefficient (Wildman–Crippen LogP) is 4.75. The third kappa shape index (κ3) is 1.86. The van der Waals surface area contributed by atoms with Crippen LogP contribution >= 0.6 is 0 Å². The van der Waals surface area contributed by atoms with Crippen LogP contribution in [0.2, 0.25) is 0 Å². The number of rotatable bonds is 1. The standard InChI is InChI=1S/C18H24O/c1-17(2)10-12(11-18(17,3)4)13-6-5-7-15-14(13)8-9-16(15)19/h5-7,12H,8-11H2,1-4H3. The highest BCUT2D eigenvalue weighted by atomic mass is 16.1. The number of Topliss-reactive ketones (excluding diaryl/α,β-unsaturated/α-hetero) is 1. The molecule has 0 unspecified atom stereocenters. The van der Waals surface area contributed by atoms with Gasteiger partial charge in [0.2, 0.25) is 0 Å². The van der Waals surface area contributed by atoms with Crippen molar-refractivity contribution in [2.45, 2.75) is 59.3 Å². The molecule has 102 valence electrons. The van der Waals surface area contributed by atoms with Gasteiger partial charge in [-0.15, -0.1) is 0 Å². The lowest BCUT2D eigenvalue weighted by molar-refractivity contribution is 0.0994. The number of hydrogen-bond acceptors (Lipinski definition) is 1. The smallest absolute Gasteiger partial charge is 0.163 e. The van der Waals surface area contributed by atoms with Gasteiger partial charge in [-0.2, -0.15) is 0 Å². The Morgan fingerprint density at radius 3 is 2.26 bits per heavy atom. The van der Waals surface area contributed by atoms with E-state index in [1.165, 1.54) is 24.0 Å². The summed E-state index contributed by atoms with van der Waals surface area (Å²) in [7, 11) is 0. The van der Waals surface area contributed by atoms with Crippen molar-refractivity contribution in [2.24, 2.45) is 10.8 Å². The number of ketones is 1. The molecular weight excluding hydrogens is 232 g/mol. The summed E-state index contributed by atoms with van der Waals surface area (Å²) in [4.78, 5) is 11.9. The summed E-state index contributed by atoms with van der Waals surface area (Å²) in [6.07, 6.45) is 4.16. The van der Waals surface area contributed by atoms with E-state index in [4.69, 9.17) is 0 Å². The fourth-order valence-corrected chi connectivity index (χ4v) is 3.98. The Balaban J connectivity index is 2.00. The van der Waals surface area contributed by atoms with Gasteiger partial charge in [-0.05, 0) is 47.1 Å². The van der Waals surface area contributed by atoms with E-state index >= 15 is 0 Å². The lowest BCUT2D eigenvalue weighted by Crippen LogP contribution is -2.25. The fraction of sp³-hybridized carbons (Fsp3) is 0.611. The first kappa shape index (κ1) is 12.9. The quantitative estimate of drug-likeness (QED) is 0.709. The summed E-state index contributed by atoms with van der Waals surface area (Å²) in [6.45, 7) is 9.56. The summed E-state index contributed by atoms with van der Waals surface area (Å²) in [5.41, 5.74) is 4.57. The average molecular weight is 256 g/mol. The maximum absolute atomic E-state index is 11.9. The van der Waals surface area contributed by atoms with Crippen molar-refractivity contribution >= 4 is 5.78 Å². The van der Waals surface area contributed by atoms with Gasteiger partial charge in [0.25, 0.3) is 0 Å². The molecule has 1 saturated carbocycles. The molecule has 0 aliphatic heterocycles. The van der Waals surface area contributed by atoms with Gasteiger partial charge in [0.15, 0.2) is 5.78 Å². The Morgan fingerprint density at radius 1 is 1.00 bits per heavy atom. The molecule has 1 fully saturated rings. The molecule has 0 heterocycles. The number of carbonyl (C=O) groups is 1. The van der Waals surface area contributed by atoms with Crippen LogP contribution in [0.15, 0.2) is 18.2 Å². The minimum atomic E-state index is 0.341. The molecule has 0 atom stereocenters. The van der Waals surface area contributed by atoms with E-state index in [9.17, 15) is 4.79 Å². The van der Waals surface area contributed by atoms with Crippen molar-refractivity contribution in [2.75, 3.05) is 0 Å². The van der Waals surface area contributed by atoms with E-state index in [0.717, 1.165) is 12.0 Å². The van der Waals surface area contributed by atoms with E-state index in [1.807, 2.05) is 6.07 Å². The van der Waals surface area contributed by atoms with Crippen LogP contribution in [0, 0.1) is 10.8 Å². The Labute approximate surface area is 116 Å². The minimum Gasteiger partial charge on any atom is -0.294 e. The van der Waals surface area contributed by atoms with Crippen LogP contribution in [0.25, 0.3) is 0 Å². The van der Waals surface area contributed by atoms with Gasteiger partial charge >= 0.3 is 0 Å². The van der Waals surface area contributed by atoms with Crippen LogP contribution < -0.4 is 0 Å². The lowest BCUT2D eigenvalue weighted by Gasteiger charge is -2.34. The van der Waals surface area contributed by atoms with Gasteiger partial charge in [0.05, 0.1) is 0 Å². The van der Waals surface area contributed by atoms with E-state index in [-0.39, 0.29) is 0 Å². The van der Waals surface area contributed by atoms with Crippen molar-refractivity contribution in [3.05, 3.63) is 34.9 Å². The van der Waals surface area contributed by atoms with Crippen LogP contribution in [-0.2, 0) is 6.42 Å². The molecular formula is C18H24O. The molecule has 0 aromatic heterocycles. The molecule has 19 heavy (non-hydrogen) atoms. The Hall–Kier alpha value is -1.11. The second-order valence-electron chi connectivity index (χ2n) is 7.67. The molecule has 0 bridgehead atoms. The summed E-state index contributed by atoms with van der Waals surface area (Å²) >= 11 is 0. The number of fused-ring (bicyclic) bond motifs is 1. The maximum atomic E-state index is 11.9. The Bertz CT molecular complexity index is 521. The number of hydrogen-bond donors (Lipinski definition) is 0. The molecule has 0 radical (unpaired) electrons. The zero-order valence-electron chi connectivity index (χ0n) is 12.5. The third-order valence-electron chi connectivity index (χ3n) is 5.90. The summed E-state index contributed by atoms with van der Waals surface area (Å²) < 4.78 is 0. The average Bonchev–Trinajstić information content (AvgIpc) is 2.78. The molecule has 2 aliphatic carbocycles. The van der Waals surface area contributed by atoms with Gasteiger partial charge in [-0.25, -0.2) is 0 Å². The van der Waals surface area contributed by atoms with Crippen LogP contribution in [0.5, 0.6) is 0 Å². The molecule has 0 amide bonds. The highest BCUT2D eigenvalue weighted by Crippen LogP contribution is 2.58. The fourth-order valence-electron chi connectivity index (χ4n) is 3.98. The van der Waals surface area contributed by atoms with Crippen molar-refractivity contribution in [1.29, 1.82) is 0 Å². The minimum absolute atomic E-state index is 0.341. The zero-order chi connectivity index (χ0) is 13.8. The van der Waals surface area contributed by atoms with Gasteiger partial charge in [0, 0.05) is 12.0 Å². The topological polar surface area (TPSA) is 17.1 Å². The highest BCUT2D eigenvalue weighted by molar-refractivity contribution is 6.00. The van der Waals surface area contributed by atoms with Crippen molar-refractivity contribution in [3.8, 4) is 0 Å². The van der Waals surface area contributed by atoms with Crippen molar-refractivity contribution < 1.29 is 4.79 Å². The maximum Gasteiger partial charge on any atom is 0.163 e. The third-order valence-corrected chi connectivity index (χ3v) is 5.90. The molecule has 1 aromatic carbocycles. The molecule has 0 spiro atoms. The van der Waals surface area contributed by atoms with E-state index in [1.54, 1.807) is 0 Å². The second-order valence-corrected chi connectivity index (χ2v) is 7.67. The number of carbonyl (C=O) groups excluding carboxylic acids is 1. The van der Waals surface area contributed by atoms with Gasteiger partial charge in [0.1, 0.15) is 0 Å². The predicted molar refractivity (Wildman–Crippen MR) is 78.6 cm³/mol. The van der Waals surface area contributed by atoms with E-state index in [2.05, 4.69) is 39.8 Å². The highest BCUT2D eigenvalue weighted by Gasteiger charge is 2.47. The molecule has 1 aromatic rings. The van der Waals surface area contributed by atoms with Gasteiger partial charge < -0.3 is 0 Å². The van der Waals surface area contributed by atoms with Crippen LogP contribution in [0.4, 0.5) is 0 Å². The van der Waals surface area contributed by atoms with Crippen molar-refractivity contribution in [3.63, 3.8) is 0 Å². The first-order valence-corrected chi connectivity index (χ1v) is 7.47. The summed E-state index contributed by atoms with van der Waals surface area (Å²) in [5, 5.41) is 0. The SMILES string of the molecule is CC1(C)CC(c2cccc3c2CCC3=O)CC1(C)C. The van der Waals surface area contributed by atoms with E-state index in [0.29, 0.717) is 29.0 Å². The van der Waals surface area contributed by atoms with Crippen LogP contribution in [0.1, 0.15) is 74.4 Å². The Kier molecular flexibility index (Phi) is 2.68. The molecule has 1 nitrogen and oxygen atoms in total. The zero-order valence-corrected chi connectivity index (χ0v) is 12.5. The Morgan fingerprint density at radius 2 is 1.63 bits per heavy atom. The molecule has 0 saturated heterocycles. The van der Waals surface area contributed by atoms with Gasteiger partial charge in [-0.3, -0.25) is 4.79 Å². The first-order chi connectivity index (χ1) is 8.82. The normalized spacial score (nSPS) is 24.7. The second kappa shape index (κ2) is 3.94. The molecule has 3 rings (SSSR count). The first-order valence-electron chi connectivity index (χ1n) is 7.47. The molecule has 1 heteroatoms. The molecule has 2 aliphatic rings. The van der Waals surface area contributed by atoms with Crippen LogP contribution in [-0.4, -0.2) is 5.78 Å². The van der Waals surface area contributed by atoms with E-state index < -0.39 is 0 Å². The number of benzene rings is 1. The van der Waals surface area contributed by atoms with Gasteiger partial charge in [-0.1, -0.05) is 45.9 Å².